The molecule has 0 spiro atoms. The van der Waals surface area contributed by atoms with Crippen LogP contribution < -0.4 is 4.90 Å². The average molecular weight is 346 g/mol. The van der Waals surface area contributed by atoms with Gasteiger partial charge in [-0.3, -0.25) is 4.79 Å². The summed E-state index contributed by atoms with van der Waals surface area (Å²) in [5.74, 6) is 0.126. The third kappa shape index (κ3) is 3.53. The van der Waals surface area contributed by atoms with Crippen molar-refractivity contribution in [2.24, 2.45) is 5.92 Å². The Labute approximate surface area is 145 Å². The highest BCUT2D eigenvalue weighted by molar-refractivity contribution is 7.14. The number of benzene rings is 1. The Hall–Kier alpha value is -2.08. The lowest BCUT2D eigenvalue weighted by atomic mass is 10.0. The quantitative estimate of drug-likeness (QED) is 0.860. The molecule has 1 atom stereocenters. The average Bonchev–Trinajstić information content (AvgIpc) is 2.94. The van der Waals surface area contributed by atoms with Gasteiger partial charge in [0, 0.05) is 24.0 Å². The molecule has 1 fully saturated rings. The molecule has 1 aliphatic heterocycles. The van der Waals surface area contributed by atoms with Gasteiger partial charge in [-0.25, -0.2) is 4.98 Å². The first-order chi connectivity index (χ1) is 11.6. The Kier molecular flexibility index (Phi) is 5.04. The highest BCUT2D eigenvalue weighted by Crippen LogP contribution is 2.34. The number of rotatable bonds is 3. The largest absolute Gasteiger partial charge is 0.507 e. The molecule has 1 saturated heterocycles. The Morgan fingerprint density at radius 1 is 1.38 bits per heavy atom. The molecule has 2 heterocycles. The number of ether oxygens (including phenoxy) is 1. The molecule has 1 unspecified atom stereocenters. The number of aryl methyl sites for hydroxylation is 1. The second kappa shape index (κ2) is 7.21. The van der Waals surface area contributed by atoms with E-state index < -0.39 is 0 Å². The predicted octanol–water partition coefficient (Wildman–Crippen LogP) is 3.60. The van der Waals surface area contributed by atoms with Gasteiger partial charge < -0.3 is 14.7 Å². The summed E-state index contributed by atoms with van der Waals surface area (Å²) in [6, 6.07) is 5.54. The van der Waals surface area contributed by atoms with E-state index in [0.717, 1.165) is 54.3 Å². The van der Waals surface area contributed by atoms with Crippen LogP contribution in [0.25, 0.3) is 11.3 Å². The van der Waals surface area contributed by atoms with E-state index in [4.69, 9.17) is 9.72 Å². The van der Waals surface area contributed by atoms with Crippen LogP contribution in [0.1, 0.15) is 24.8 Å². The summed E-state index contributed by atoms with van der Waals surface area (Å²) in [5, 5.41) is 13.0. The normalized spacial score (nSPS) is 18.2. The van der Waals surface area contributed by atoms with Gasteiger partial charge in [-0.15, -0.1) is 11.3 Å². The van der Waals surface area contributed by atoms with Gasteiger partial charge in [0.25, 0.3) is 0 Å². The molecule has 5 nitrogen and oxygen atoms in total. The SMILES string of the molecule is COC(=O)C1CCCN(c2nc(-c3cc(C)ccc3O)cs2)CC1. The van der Waals surface area contributed by atoms with Crippen LogP contribution in [0.4, 0.5) is 5.13 Å². The van der Waals surface area contributed by atoms with Crippen LogP contribution in [0.15, 0.2) is 23.6 Å². The second-order valence-electron chi connectivity index (χ2n) is 6.17. The zero-order valence-electron chi connectivity index (χ0n) is 14.0. The number of hydrogen-bond acceptors (Lipinski definition) is 6. The fourth-order valence-corrected chi connectivity index (χ4v) is 3.96. The third-order valence-electron chi connectivity index (χ3n) is 4.45. The van der Waals surface area contributed by atoms with Gasteiger partial charge in [-0.2, -0.15) is 0 Å². The molecule has 0 saturated carbocycles. The molecule has 128 valence electrons. The summed E-state index contributed by atoms with van der Waals surface area (Å²) in [6.45, 7) is 3.69. The van der Waals surface area contributed by atoms with Crippen LogP contribution in [0, 0.1) is 12.8 Å². The minimum Gasteiger partial charge on any atom is -0.507 e. The lowest BCUT2D eigenvalue weighted by molar-refractivity contribution is -0.145. The Balaban J connectivity index is 1.76. The van der Waals surface area contributed by atoms with Gasteiger partial charge in [0.05, 0.1) is 18.7 Å². The van der Waals surface area contributed by atoms with Gasteiger partial charge in [0.15, 0.2) is 5.13 Å². The first kappa shape index (κ1) is 16.8. The molecule has 1 N–H and O–H groups in total. The molecule has 1 aliphatic rings. The molecule has 0 radical (unpaired) electrons. The van der Waals surface area contributed by atoms with Crippen LogP contribution in [0.3, 0.4) is 0 Å². The van der Waals surface area contributed by atoms with Crippen molar-refractivity contribution in [1.29, 1.82) is 0 Å². The molecule has 2 aromatic rings. The smallest absolute Gasteiger partial charge is 0.308 e. The van der Waals surface area contributed by atoms with Crippen LogP contribution >= 0.6 is 11.3 Å². The second-order valence-corrected chi connectivity index (χ2v) is 7.01. The number of phenols is 1. The highest BCUT2D eigenvalue weighted by atomic mass is 32.1. The van der Waals surface area contributed by atoms with Crippen molar-refractivity contribution in [3.05, 3.63) is 29.1 Å². The van der Waals surface area contributed by atoms with Crippen LogP contribution in [0.5, 0.6) is 5.75 Å². The van der Waals surface area contributed by atoms with E-state index in [9.17, 15) is 9.90 Å². The molecular weight excluding hydrogens is 324 g/mol. The molecule has 1 aromatic heterocycles. The van der Waals surface area contributed by atoms with Gasteiger partial charge in [0.1, 0.15) is 5.75 Å². The van der Waals surface area contributed by atoms with Crippen molar-refractivity contribution in [2.45, 2.75) is 26.2 Å². The Bertz CT molecular complexity index is 729. The molecule has 24 heavy (non-hydrogen) atoms. The standard InChI is InChI=1S/C18H22N2O3S/c1-12-5-6-16(21)14(10-12)15-11-24-18(19-15)20-8-3-4-13(7-9-20)17(22)23-2/h5-6,10-11,13,21H,3-4,7-9H2,1-2H3. The Morgan fingerprint density at radius 2 is 2.21 bits per heavy atom. The lowest BCUT2D eigenvalue weighted by Gasteiger charge is -2.19. The minimum absolute atomic E-state index is 0.0137. The van der Waals surface area contributed by atoms with E-state index in [2.05, 4.69) is 4.90 Å². The van der Waals surface area contributed by atoms with Crippen molar-refractivity contribution in [2.75, 3.05) is 25.1 Å². The summed E-state index contributed by atoms with van der Waals surface area (Å²) in [6.07, 6.45) is 2.60. The van der Waals surface area contributed by atoms with Crippen molar-refractivity contribution in [3.63, 3.8) is 0 Å². The van der Waals surface area contributed by atoms with Crippen molar-refractivity contribution in [1.82, 2.24) is 4.98 Å². The summed E-state index contributed by atoms with van der Waals surface area (Å²) in [4.78, 5) is 18.7. The van der Waals surface area contributed by atoms with Crippen molar-refractivity contribution < 1.29 is 14.6 Å². The number of phenolic OH excluding ortho intramolecular Hbond substituents is 1. The summed E-state index contributed by atoms with van der Waals surface area (Å²) >= 11 is 1.58. The number of thiazole rings is 1. The number of hydrogen-bond donors (Lipinski definition) is 1. The van der Waals surface area contributed by atoms with E-state index in [1.165, 1.54) is 7.11 Å². The molecule has 0 amide bonds. The topological polar surface area (TPSA) is 62.7 Å². The Morgan fingerprint density at radius 3 is 3.00 bits per heavy atom. The maximum atomic E-state index is 11.7. The first-order valence-electron chi connectivity index (χ1n) is 8.17. The fourth-order valence-electron chi connectivity index (χ4n) is 3.08. The minimum atomic E-state index is -0.110. The zero-order valence-corrected chi connectivity index (χ0v) is 14.8. The van der Waals surface area contributed by atoms with E-state index in [1.807, 2.05) is 24.4 Å². The van der Waals surface area contributed by atoms with Crippen molar-refractivity contribution in [3.8, 4) is 17.0 Å². The van der Waals surface area contributed by atoms with E-state index >= 15 is 0 Å². The monoisotopic (exact) mass is 346 g/mol. The van der Waals surface area contributed by atoms with Crippen molar-refractivity contribution >= 4 is 22.4 Å². The number of carbonyl (C=O) groups excluding carboxylic acids is 1. The highest BCUT2D eigenvalue weighted by Gasteiger charge is 2.24. The van der Waals surface area contributed by atoms with E-state index in [1.54, 1.807) is 17.4 Å². The number of anilines is 1. The lowest BCUT2D eigenvalue weighted by Crippen LogP contribution is -2.25. The van der Waals surface area contributed by atoms with Gasteiger partial charge >= 0.3 is 5.97 Å². The summed E-state index contributed by atoms with van der Waals surface area (Å²) < 4.78 is 4.87. The number of aromatic hydroxyl groups is 1. The fraction of sp³-hybridized carbons (Fsp3) is 0.444. The summed E-state index contributed by atoms with van der Waals surface area (Å²) in [5.41, 5.74) is 2.65. The maximum absolute atomic E-state index is 11.7. The number of carbonyl (C=O) groups is 1. The predicted molar refractivity (Wildman–Crippen MR) is 95.5 cm³/mol. The van der Waals surface area contributed by atoms with Gasteiger partial charge in [-0.05, 0) is 38.3 Å². The molecule has 6 heteroatoms. The molecule has 3 rings (SSSR count). The van der Waals surface area contributed by atoms with E-state index in [-0.39, 0.29) is 17.6 Å². The molecule has 1 aromatic carbocycles. The first-order valence-corrected chi connectivity index (χ1v) is 9.04. The maximum Gasteiger partial charge on any atom is 0.308 e. The van der Waals surface area contributed by atoms with Crippen LogP contribution in [-0.4, -0.2) is 36.3 Å². The van der Waals surface area contributed by atoms with Gasteiger partial charge in [0.2, 0.25) is 0 Å². The third-order valence-corrected chi connectivity index (χ3v) is 5.35. The number of nitrogens with zero attached hydrogens (tertiary/aromatic N) is 2. The van der Waals surface area contributed by atoms with E-state index in [0.29, 0.717) is 0 Å². The number of esters is 1. The number of methoxy groups -OCH3 is 1. The van der Waals surface area contributed by atoms with Gasteiger partial charge in [-0.1, -0.05) is 11.6 Å². The van der Waals surface area contributed by atoms with Crippen LogP contribution in [0.2, 0.25) is 0 Å². The molecular formula is C18H22N2O3S. The summed E-state index contributed by atoms with van der Waals surface area (Å²) in [7, 11) is 1.45. The molecule has 0 aliphatic carbocycles. The molecule has 0 bridgehead atoms. The number of aromatic nitrogens is 1. The van der Waals surface area contributed by atoms with Crippen LogP contribution in [-0.2, 0) is 9.53 Å². The zero-order chi connectivity index (χ0) is 17.1.